The number of hydrogen-bond donors (Lipinski definition) is 1. The Labute approximate surface area is 188 Å². The van der Waals surface area contributed by atoms with Crippen molar-refractivity contribution in [2.24, 2.45) is 0 Å². The Bertz CT molecular complexity index is 873. The van der Waals surface area contributed by atoms with E-state index in [0.29, 0.717) is 28.8 Å². The van der Waals surface area contributed by atoms with E-state index in [-0.39, 0.29) is 25.0 Å². The smallest absolute Gasteiger partial charge is 0.261 e. The maximum absolute atomic E-state index is 13.1. The van der Waals surface area contributed by atoms with Gasteiger partial charge in [-0.2, -0.15) is 0 Å². The van der Waals surface area contributed by atoms with Gasteiger partial charge >= 0.3 is 0 Å². The molecular formula is C23H28Cl2N2O3. The Morgan fingerprint density at radius 1 is 1.10 bits per heavy atom. The molecule has 0 unspecified atom stereocenters. The van der Waals surface area contributed by atoms with Gasteiger partial charge in [0.05, 0.1) is 10.0 Å². The fourth-order valence-electron chi connectivity index (χ4n) is 3.06. The maximum Gasteiger partial charge on any atom is 0.261 e. The van der Waals surface area contributed by atoms with Gasteiger partial charge in [0.15, 0.2) is 6.61 Å². The van der Waals surface area contributed by atoms with E-state index in [1.807, 2.05) is 45.0 Å². The molecule has 162 valence electrons. The molecule has 0 aliphatic carbocycles. The normalized spacial score (nSPS) is 11.6. The zero-order valence-electron chi connectivity index (χ0n) is 17.6. The van der Waals surface area contributed by atoms with Gasteiger partial charge < -0.3 is 15.0 Å². The molecule has 0 fully saturated rings. The number of aryl methyl sites for hydroxylation is 1. The molecule has 0 saturated heterocycles. The van der Waals surface area contributed by atoms with Gasteiger partial charge in [0, 0.05) is 13.1 Å². The summed E-state index contributed by atoms with van der Waals surface area (Å²) >= 11 is 12.2. The van der Waals surface area contributed by atoms with Crippen molar-refractivity contribution < 1.29 is 14.3 Å². The van der Waals surface area contributed by atoms with Crippen molar-refractivity contribution in [1.82, 2.24) is 10.2 Å². The highest BCUT2D eigenvalue weighted by Crippen LogP contribution is 2.24. The molecule has 1 atom stereocenters. The first-order valence-corrected chi connectivity index (χ1v) is 10.8. The van der Waals surface area contributed by atoms with Crippen molar-refractivity contribution in [2.75, 3.05) is 13.2 Å². The van der Waals surface area contributed by atoms with Gasteiger partial charge in [0.25, 0.3) is 5.91 Å². The van der Waals surface area contributed by atoms with Crippen LogP contribution < -0.4 is 10.1 Å². The summed E-state index contributed by atoms with van der Waals surface area (Å²) in [5.41, 5.74) is 1.73. The highest BCUT2D eigenvalue weighted by molar-refractivity contribution is 6.42. The maximum atomic E-state index is 13.1. The zero-order chi connectivity index (χ0) is 22.1. The standard InChI is InChI=1S/C23H28Cl2N2O3/c1-4-12-26-23(29)20(5-2)27(14-17-10-11-18(24)19(25)13-17)22(28)15-30-21-9-7-6-8-16(21)3/h6-11,13,20H,4-5,12,14-15H2,1-3H3,(H,26,29)/t20-/m0/s1. The quantitative estimate of drug-likeness (QED) is 0.552. The number of carbonyl (C=O) groups is 2. The number of rotatable bonds is 10. The third kappa shape index (κ3) is 6.64. The van der Waals surface area contributed by atoms with E-state index < -0.39 is 6.04 Å². The molecule has 0 radical (unpaired) electrons. The van der Waals surface area contributed by atoms with Crippen LogP contribution in [0.2, 0.25) is 10.0 Å². The molecule has 1 N–H and O–H groups in total. The number of hydrogen-bond acceptors (Lipinski definition) is 3. The van der Waals surface area contributed by atoms with E-state index in [0.717, 1.165) is 17.5 Å². The molecule has 2 amide bonds. The second kappa shape index (κ2) is 11.8. The minimum atomic E-state index is -0.612. The highest BCUT2D eigenvalue weighted by Gasteiger charge is 2.29. The zero-order valence-corrected chi connectivity index (χ0v) is 19.1. The number of amides is 2. The summed E-state index contributed by atoms with van der Waals surface area (Å²) in [6.07, 6.45) is 1.30. The van der Waals surface area contributed by atoms with Crippen molar-refractivity contribution in [3.63, 3.8) is 0 Å². The Balaban J connectivity index is 2.23. The van der Waals surface area contributed by atoms with E-state index in [9.17, 15) is 9.59 Å². The molecule has 2 aromatic rings. The molecule has 2 aromatic carbocycles. The van der Waals surface area contributed by atoms with Gasteiger partial charge in [0.1, 0.15) is 11.8 Å². The summed E-state index contributed by atoms with van der Waals surface area (Å²) in [4.78, 5) is 27.4. The van der Waals surface area contributed by atoms with Crippen molar-refractivity contribution in [1.29, 1.82) is 0 Å². The summed E-state index contributed by atoms with van der Waals surface area (Å²) in [7, 11) is 0. The molecule has 0 heterocycles. The Kier molecular flexibility index (Phi) is 9.47. The molecule has 0 aliphatic rings. The third-order valence-electron chi connectivity index (χ3n) is 4.72. The van der Waals surface area contributed by atoms with Crippen LogP contribution in [0.5, 0.6) is 5.75 Å². The lowest BCUT2D eigenvalue weighted by atomic mass is 10.1. The number of para-hydroxylation sites is 1. The lowest BCUT2D eigenvalue weighted by Gasteiger charge is -2.30. The summed E-state index contributed by atoms with van der Waals surface area (Å²) in [5, 5.41) is 3.73. The summed E-state index contributed by atoms with van der Waals surface area (Å²) in [6.45, 7) is 6.40. The first-order chi connectivity index (χ1) is 14.4. The number of ether oxygens (including phenoxy) is 1. The minimum Gasteiger partial charge on any atom is -0.484 e. The van der Waals surface area contributed by atoms with E-state index in [1.54, 1.807) is 23.1 Å². The van der Waals surface area contributed by atoms with Gasteiger partial charge in [-0.3, -0.25) is 9.59 Å². The number of carbonyl (C=O) groups excluding carboxylic acids is 2. The highest BCUT2D eigenvalue weighted by atomic mass is 35.5. The van der Waals surface area contributed by atoms with Gasteiger partial charge in [-0.25, -0.2) is 0 Å². The molecule has 7 heteroatoms. The summed E-state index contributed by atoms with van der Waals surface area (Å²) in [5.74, 6) is 0.190. The largest absolute Gasteiger partial charge is 0.484 e. The average molecular weight is 451 g/mol. The molecule has 5 nitrogen and oxygen atoms in total. The fraction of sp³-hybridized carbons (Fsp3) is 0.391. The van der Waals surface area contributed by atoms with Crippen LogP contribution in [0.1, 0.15) is 37.8 Å². The van der Waals surface area contributed by atoms with Gasteiger partial charge in [0.2, 0.25) is 5.91 Å². The molecule has 2 rings (SSSR count). The number of benzene rings is 2. The fourth-order valence-corrected chi connectivity index (χ4v) is 3.38. The van der Waals surface area contributed by atoms with Crippen LogP contribution in [-0.2, 0) is 16.1 Å². The first kappa shape index (κ1) is 24.0. The summed E-state index contributed by atoms with van der Waals surface area (Å²) in [6, 6.07) is 12.1. The minimum absolute atomic E-state index is 0.163. The average Bonchev–Trinajstić information content (AvgIpc) is 2.73. The van der Waals surface area contributed by atoms with E-state index in [1.165, 1.54) is 0 Å². The first-order valence-electron chi connectivity index (χ1n) is 10.1. The van der Waals surface area contributed by atoms with E-state index >= 15 is 0 Å². The van der Waals surface area contributed by atoms with Crippen LogP contribution >= 0.6 is 23.2 Å². The van der Waals surface area contributed by atoms with Gasteiger partial charge in [-0.15, -0.1) is 0 Å². The van der Waals surface area contributed by atoms with Gasteiger partial charge in [-0.05, 0) is 49.1 Å². The lowest BCUT2D eigenvalue weighted by Crippen LogP contribution is -2.50. The molecule has 0 aliphatic heterocycles. The van der Waals surface area contributed by atoms with Crippen molar-refractivity contribution >= 4 is 35.0 Å². The van der Waals surface area contributed by atoms with Crippen molar-refractivity contribution in [2.45, 2.75) is 46.2 Å². The Morgan fingerprint density at radius 2 is 1.83 bits per heavy atom. The Hall–Kier alpha value is -2.24. The Morgan fingerprint density at radius 3 is 2.47 bits per heavy atom. The van der Waals surface area contributed by atoms with E-state index in [2.05, 4.69) is 5.32 Å². The second-order valence-corrected chi connectivity index (χ2v) is 7.85. The topological polar surface area (TPSA) is 58.6 Å². The van der Waals surface area contributed by atoms with E-state index in [4.69, 9.17) is 27.9 Å². The number of nitrogens with zero attached hydrogens (tertiary/aromatic N) is 1. The van der Waals surface area contributed by atoms with Crippen LogP contribution in [-0.4, -0.2) is 35.9 Å². The predicted molar refractivity (Wildman–Crippen MR) is 121 cm³/mol. The number of nitrogens with one attached hydrogen (secondary N) is 1. The monoisotopic (exact) mass is 450 g/mol. The van der Waals surface area contributed by atoms with Crippen LogP contribution in [0.4, 0.5) is 0 Å². The van der Waals surface area contributed by atoms with Crippen molar-refractivity contribution in [3.05, 3.63) is 63.6 Å². The molecule has 0 spiro atoms. The van der Waals surface area contributed by atoms with Crippen LogP contribution in [0.25, 0.3) is 0 Å². The molecule has 30 heavy (non-hydrogen) atoms. The van der Waals surface area contributed by atoms with Crippen LogP contribution in [0.15, 0.2) is 42.5 Å². The lowest BCUT2D eigenvalue weighted by molar-refractivity contribution is -0.143. The van der Waals surface area contributed by atoms with Crippen LogP contribution in [0.3, 0.4) is 0 Å². The SMILES string of the molecule is CCCNC(=O)[C@H](CC)N(Cc1ccc(Cl)c(Cl)c1)C(=O)COc1ccccc1C. The molecule has 0 aromatic heterocycles. The molecular weight excluding hydrogens is 423 g/mol. The second-order valence-electron chi connectivity index (χ2n) is 7.04. The van der Waals surface area contributed by atoms with Gasteiger partial charge in [-0.1, -0.05) is 61.3 Å². The predicted octanol–water partition coefficient (Wildman–Crippen LogP) is 5.01. The molecule has 0 saturated carbocycles. The number of halogens is 2. The molecule has 0 bridgehead atoms. The van der Waals surface area contributed by atoms with Crippen molar-refractivity contribution in [3.8, 4) is 5.75 Å². The summed E-state index contributed by atoms with van der Waals surface area (Å²) < 4.78 is 5.75. The third-order valence-corrected chi connectivity index (χ3v) is 5.46. The van der Waals surface area contributed by atoms with Crippen LogP contribution in [0, 0.1) is 6.92 Å².